The van der Waals surface area contributed by atoms with Crippen LogP contribution in [-0.2, 0) is 25.7 Å². The molecule has 232 valence electrons. The highest BCUT2D eigenvalue weighted by molar-refractivity contribution is 6.21. The van der Waals surface area contributed by atoms with Crippen molar-refractivity contribution in [1.29, 1.82) is 0 Å². The number of aryl methyl sites for hydroxylation is 3. The molecule has 0 N–H and O–H groups in total. The molecule has 3 heterocycles. The van der Waals surface area contributed by atoms with Gasteiger partial charge in [0.05, 0.1) is 42.3 Å². The first-order valence-corrected chi connectivity index (χ1v) is 14.2. The Kier molecular flexibility index (Phi) is 7.38. The molecule has 9 nitrogen and oxygen atoms in total. The van der Waals surface area contributed by atoms with E-state index in [0.29, 0.717) is 30.2 Å². The van der Waals surface area contributed by atoms with E-state index in [1.807, 2.05) is 6.07 Å². The smallest absolute Gasteiger partial charge is 0.416 e. The van der Waals surface area contributed by atoms with Crippen molar-refractivity contribution in [2.24, 2.45) is 4.99 Å². The number of carbonyl (C=O) groups is 2. The van der Waals surface area contributed by atoms with Gasteiger partial charge < -0.3 is 9.47 Å². The molecule has 0 aliphatic carbocycles. The lowest BCUT2D eigenvalue weighted by Gasteiger charge is -2.25. The Labute approximate surface area is 255 Å². The Morgan fingerprint density at radius 3 is 2.00 bits per heavy atom. The second kappa shape index (κ2) is 11.1. The van der Waals surface area contributed by atoms with Gasteiger partial charge in [-0.15, -0.1) is 0 Å². The molecule has 0 saturated carbocycles. The Morgan fingerprint density at radius 1 is 0.822 bits per heavy atom. The summed E-state index contributed by atoms with van der Waals surface area (Å²) in [6, 6.07) is 13.9. The zero-order valence-electron chi connectivity index (χ0n) is 25.0. The number of fused-ring (bicyclic) bond motifs is 4. The third kappa shape index (κ3) is 5.09. The lowest BCUT2D eigenvalue weighted by atomic mass is 9.97. The highest BCUT2D eigenvalue weighted by Gasteiger charge is 2.35. The second-order valence-corrected chi connectivity index (χ2v) is 11.0. The highest BCUT2D eigenvalue weighted by atomic mass is 19.4. The summed E-state index contributed by atoms with van der Waals surface area (Å²) in [6.45, 7) is 3.20. The molecule has 0 atom stereocenters. The molecule has 0 bridgehead atoms. The maximum absolute atomic E-state index is 14.1. The van der Waals surface area contributed by atoms with Crippen LogP contribution in [0.3, 0.4) is 0 Å². The van der Waals surface area contributed by atoms with Crippen LogP contribution in [0.2, 0.25) is 0 Å². The van der Waals surface area contributed by atoms with Crippen LogP contribution in [0.4, 0.5) is 18.9 Å². The van der Waals surface area contributed by atoms with Gasteiger partial charge in [0.25, 0.3) is 11.8 Å². The van der Waals surface area contributed by atoms with Crippen molar-refractivity contribution < 1.29 is 32.2 Å². The Balaban J connectivity index is 1.52. The topological polar surface area (TPSA) is 95.1 Å². The van der Waals surface area contributed by atoms with Gasteiger partial charge in [-0.3, -0.25) is 23.6 Å². The Hall–Kier alpha value is -5.13. The van der Waals surface area contributed by atoms with E-state index < -0.39 is 29.2 Å². The number of rotatable bonds is 6. The van der Waals surface area contributed by atoms with E-state index in [-0.39, 0.29) is 46.5 Å². The van der Waals surface area contributed by atoms with Gasteiger partial charge in [0.1, 0.15) is 5.49 Å². The molecule has 12 heteroatoms. The molecule has 0 unspecified atom stereocenters. The van der Waals surface area contributed by atoms with Gasteiger partial charge in [0, 0.05) is 31.3 Å². The third-order valence-electron chi connectivity index (χ3n) is 8.26. The average Bonchev–Trinajstić information content (AvgIpc) is 3.25. The number of ether oxygens (including phenoxy) is 2. The lowest BCUT2D eigenvalue weighted by Crippen LogP contribution is -2.45. The largest absolute Gasteiger partial charge is 0.493 e. The number of hydrogen-bond donors (Lipinski definition) is 0. The number of alkyl halides is 3. The number of halogens is 3. The fourth-order valence-electron chi connectivity index (χ4n) is 6.02. The zero-order chi connectivity index (χ0) is 32.2. The van der Waals surface area contributed by atoms with Gasteiger partial charge in [-0.1, -0.05) is 12.1 Å². The summed E-state index contributed by atoms with van der Waals surface area (Å²) in [7, 11) is 3.05. The standard InChI is InChI=1S/C33H29F3N4O5/c1-18-13-21(33(34,35)36)14-19(2)29(18)37-28-17-25-24-16-27(45-4)26(44-3)15-20(24)9-10-38(25)32(43)39(28)11-12-40-30(41)22-7-5-6-8-23(22)31(40)42/h5-8,13-17H,9-12H2,1-4H3. The minimum Gasteiger partial charge on any atom is -0.493 e. The van der Waals surface area contributed by atoms with Gasteiger partial charge in [0.2, 0.25) is 0 Å². The van der Waals surface area contributed by atoms with Gasteiger partial charge in [-0.25, -0.2) is 9.79 Å². The van der Waals surface area contributed by atoms with Gasteiger partial charge in [-0.05, 0) is 73.4 Å². The third-order valence-corrected chi connectivity index (χ3v) is 8.26. The molecule has 0 fully saturated rings. The van der Waals surface area contributed by atoms with Crippen LogP contribution < -0.4 is 20.7 Å². The summed E-state index contributed by atoms with van der Waals surface area (Å²) < 4.78 is 54.5. The summed E-state index contributed by atoms with van der Waals surface area (Å²) in [5, 5.41) is 0. The number of imide groups is 1. The Bertz CT molecular complexity index is 1970. The molecule has 2 aliphatic rings. The van der Waals surface area contributed by atoms with Crippen LogP contribution in [0.1, 0.15) is 43.0 Å². The molecule has 3 aromatic carbocycles. The molecule has 4 aromatic rings. The van der Waals surface area contributed by atoms with Crippen LogP contribution in [0.5, 0.6) is 11.5 Å². The van der Waals surface area contributed by atoms with Crippen LogP contribution in [0.25, 0.3) is 11.3 Å². The maximum atomic E-state index is 14.1. The van der Waals surface area contributed by atoms with E-state index in [4.69, 9.17) is 14.5 Å². The van der Waals surface area contributed by atoms with Crippen molar-refractivity contribution >= 4 is 17.5 Å². The van der Waals surface area contributed by atoms with Gasteiger partial charge in [-0.2, -0.15) is 13.2 Å². The minimum absolute atomic E-state index is 0.0824. The molecule has 0 radical (unpaired) electrons. The van der Waals surface area contributed by atoms with Crippen LogP contribution in [0.15, 0.2) is 64.4 Å². The second-order valence-electron chi connectivity index (χ2n) is 11.0. The van der Waals surface area contributed by atoms with Crippen molar-refractivity contribution in [3.8, 4) is 22.8 Å². The van der Waals surface area contributed by atoms with E-state index in [2.05, 4.69) is 0 Å². The van der Waals surface area contributed by atoms with Gasteiger partial charge >= 0.3 is 11.9 Å². The zero-order valence-corrected chi connectivity index (χ0v) is 25.0. The summed E-state index contributed by atoms with van der Waals surface area (Å²) in [6.07, 6.45) is -4.01. The van der Waals surface area contributed by atoms with E-state index in [0.717, 1.165) is 28.2 Å². The molecular formula is C33H29F3N4O5. The summed E-state index contributed by atoms with van der Waals surface area (Å²) in [4.78, 5) is 46.1. The van der Waals surface area contributed by atoms with Crippen molar-refractivity contribution in [3.05, 3.63) is 104 Å². The first-order chi connectivity index (χ1) is 21.4. The van der Waals surface area contributed by atoms with Crippen LogP contribution >= 0.6 is 0 Å². The fourth-order valence-corrected chi connectivity index (χ4v) is 6.02. The molecule has 1 aromatic heterocycles. The summed E-state index contributed by atoms with van der Waals surface area (Å²) in [5.41, 5.74) is 2.53. The molecule has 0 spiro atoms. The lowest BCUT2D eigenvalue weighted by molar-refractivity contribution is -0.137. The average molecular weight is 619 g/mol. The normalized spacial score (nSPS) is 14.4. The quantitative estimate of drug-likeness (QED) is 0.282. The van der Waals surface area contributed by atoms with E-state index in [1.165, 1.54) is 32.6 Å². The predicted octanol–water partition coefficient (Wildman–Crippen LogP) is 5.05. The Morgan fingerprint density at radius 2 is 1.42 bits per heavy atom. The number of nitrogens with zero attached hydrogens (tertiary/aromatic N) is 4. The van der Waals surface area contributed by atoms with Crippen LogP contribution in [-0.4, -0.2) is 46.6 Å². The van der Waals surface area contributed by atoms with E-state index in [1.54, 1.807) is 41.0 Å². The number of amides is 2. The number of hydrogen-bond acceptors (Lipinski definition) is 6. The van der Waals surface area contributed by atoms with Crippen molar-refractivity contribution in [1.82, 2.24) is 14.0 Å². The maximum Gasteiger partial charge on any atom is 0.416 e. The molecule has 2 amide bonds. The van der Waals surface area contributed by atoms with Gasteiger partial charge in [0.15, 0.2) is 11.5 Å². The summed E-state index contributed by atoms with van der Waals surface area (Å²) >= 11 is 0. The van der Waals surface area contributed by atoms with Crippen LogP contribution in [0, 0.1) is 13.8 Å². The SMILES string of the molecule is COc1cc2c(cc1OC)-c1cc(=Nc3c(C)cc(C(F)(F)F)cc3C)n(CCN3C(=O)c4ccccc4C3=O)c(=O)n1CC2. The first kappa shape index (κ1) is 29.9. The monoisotopic (exact) mass is 618 g/mol. The fraction of sp³-hybridized carbons (Fsp3) is 0.273. The molecule has 6 rings (SSSR count). The van der Waals surface area contributed by atoms with E-state index in [9.17, 15) is 27.6 Å². The van der Waals surface area contributed by atoms with Crippen molar-refractivity contribution in [2.75, 3.05) is 20.8 Å². The molecular weight excluding hydrogens is 589 g/mol. The highest BCUT2D eigenvalue weighted by Crippen LogP contribution is 2.38. The van der Waals surface area contributed by atoms with E-state index >= 15 is 0 Å². The summed E-state index contributed by atoms with van der Waals surface area (Å²) in [5.74, 6) is 0.0848. The number of benzene rings is 3. The number of methoxy groups -OCH3 is 2. The number of carbonyl (C=O) groups excluding carboxylic acids is 2. The van der Waals surface area contributed by atoms with Crippen molar-refractivity contribution in [2.45, 2.75) is 39.5 Å². The number of aromatic nitrogens is 2. The first-order valence-electron chi connectivity index (χ1n) is 14.2. The molecule has 2 aliphatic heterocycles. The minimum atomic E-state index is -4.53. The molecule has 45 heavy (non-hydrogen) atoms. The predicted molar refractivity (Wildman–Crippen MR) is 159 cm³/mol. The molecule has 0 saturated heterocycles. The van der Waals surface area contributed by atoms with Crippen molar-refractivity contribution in [3.63, 3.8) is 0 Å².